The number of halogens is 1. The van der Waals surface area contributed by atoms with E-state index in [1.807, 2.05) is 24.3 Å². The van der Waals surface area contributed by atoms with Crippen LogP contribution in [0.15, 0.2) is 41.0 Å². The van der Waals surface area contributed by atoms with Gasteiger partial charge in [-0.05, 0) is 53.9 Å². The molecule has 1 saturated carbocycles. The third-order valence-corrected chi connectivity index (χ3v) is 3.72. The van der Waals surface area contributed by atoms with E-state index < -0.39 is 0 Å². The van der Waals surface area contributed by atoms with Crippen LogP contribution in [0.1, 0.15) is 24.0 Å². The lowest BCUT2D eigenvalue weighted by Gasteiger charge is -2.11. The maximum absolute atomic E-state index is 5.90. The number of nitrogens with zero attached hydrogens (tertiary/aromatic N) is 1. The number of nitrogens with one attached hydrogen (secondary N) is 1. The highest BCUT2D eigenvalue weighted by Crippen LogP contribution is 2.27. The Kier molecular flexibility index (Phi) is 4.03. The first kappa shape index (κ1) is 13.6. The topological polar surface area (TPSA) is 34.1 Å². The average Bonchev–Trinajstić information content (AvgIpc) is 3.25. The number of rotatable bonds is 5. The van der Waals surface area contributed by atoms with Gasteiger partial charge in [-0.2, -0.15) is 0 Å². The van der Waals surface area contributed by atoms with Crippen LogP contribution in [0.3, 0.4) is 0 Å². The minimum absolute atomic E-state index is 0.668. The van der Waals surface area contributed by atoms with Crippen LogP contribution < -0.4 is 10.1 Å². The molecule has 1 heterocycles. The number of pyridine rings is 1. The summed E-state index contributed by atoms with van der Waals surface area (Å²) in [5, 5.41) is 3.49. The molecule has 1 fully saturated rings. The van der Waals surface area contributed by atoms with E-state index >= 15 is 0 Å². The molecule has 1 aliphatic rings. The van der Waals surface area contributed by atoms with E-state index in [9.17, 15) is 0 Å². The second kappa shape index (κ2) is 5.94. The Bertz CT molecular complexity index is 594. The zero-order valence-corrected chi connectivity index (χ0v) is 13.0. The number of ether oxygens (including phenoxy) is 1. The van der Waals surface area contributed by atoms with Gasteiger partial charge in [0.15, 0.2) is 0 Å². The molecule has 0 amide bonds. The van der Waals surface area contributed by atoms with Crippen molar-refractivity contribution in [2.24, 2.45) is 0 Å². The van der Waals surface area contributed by atoms with E-state index in [-0.39, 0.29) is 0 Å². The molecule has 1 aliphatic carbocycles. The normalized spacial score (nSPS) is 14.3. The Morgan fingerprint density at radius 3 is 2.75 bits per heavy atom. The van der Waals surface area contributed by atoms with Crippen molar-refractivity contribution in [3.8, 4) is 11.6 Å². The second-order valence-corrected chi connectivity index (χ2v) is 6.10. The molecule has 2 aromatic rings. The van der Waals surface area contributed by atoms with Crippen molar-refractivity contribution < 1.29 is 4.74 Å². The SMILES string of the molecule is Cc1ccc(Oc2ncc(Br)cc2CNC2CC2)cc1. The zero-order chi connectivity index (χ0) is 13.9. The Morgan fingerprint density at radius 2 is 2.05 bits per heavy atom. The first-order valence-corrected chi connectivity index (χ1v) is 7.62. The third-order valence-electron chi connectivity index (χ3n) is 3.29. The van der Waals surface area contributed by atoms with Gasteiger partial charge >= 0.3 is 0 Å². The highest BCUT2D eigenvalue weighted by atomic mass is 79.9. The molecule has 0 atom stereocenters. The van der Waals surface area contributed by atoms with Crippen molar-refractivity contribution >= 4 is 15.9 Å². The maximum Gasteiger partial charge on any atom is 0.223 e. The molecule has 0 unspecified atom stereocenters. The number of benzene rings is 1. The summed E-state index contributed by atoms with van der Waals surface area (Å²) in [7, 11) is 0. The molecule has 0 radical (unpaired) electrons. The highest BCUT2D eigenvalue weighted by Gasteiger charge is 2.21. The molecule has 0 bridgehead atoms. The zero-order valence-electron chi connectivity index (χ0n) is 11.4. The van der Waals surface area contributed by atoms with Crippen molar-refractivity contribution in [2.75, 3.05) is 0 Å². The molecule has 104 valence electrons. The van der Waals surface area contributed by atoms with E-state index in [0.29, 0.717) is 11.9 Å². The predicted octanol–water partition coefficient (Wildman–Crippen LogP) is 4.20. The number of hydrogen-bond donors (Lipinski definition) is 1. The van der Waals surface area contributed by atoms with Crippen molar-refractivity contribution in [1.29, 1.82) is 0 Å². The number of aryl methyl sites for hydroxylation is 1. The van der Waals surface area contributed by atoms with E-state index in [4.69, 9.17) is 4.74 Å². The lowest BCUT2D eigenvalue weighted by atomic mass is 10.2. The van der Waals surface area contributed by atoms with Gasteiger partial charge in [0, 0.05) is 28.8 Å². The molecule has 0 spiro atoms. The van der Waals surface area contributed by atoms with Crippen LogP contribution in [0.5, 0.6) is 11.6 Å². The molecule has 1 aromatic carbocycles. The molecular weight excluding hydrogens is 316 g/mol. The molecule has 0 aliphatic heterocycles. The Balaban J connectivity index is 1.77. The largest absolute Gasteiger partial charge is 0.439 e. The molecule has 4 heteroatoms. The van der Waals surface area contributed by atoms with Gasteiger partial charge in [0.2, 0.25) is 5.88 Å². The summed E-state index contributed by atoms with van der Waals surface area (Å²) in [6.07, 6.45) is 4.31. The van der Waals surface area contributed by atoms with Gasteiger partial charge in [-0.1, -0.05) is 17.7 Å². The monoisotopic (exact) mass is 332 g/mol. The predicted molar refractivity (Wildman–Crippen MR) is 83.1 cm³/mol. The lowest BCUT2D eigenvalue weighted by Crippen LogP contribution is -2.16. The van der Waals surface area contributed by atoms with Gasteiger partial charge in [-0.15, -0.1) is 0 Å². The first-order valence-electron chi connectivity index (χ1n) is 6.83. The summed E-state index contributed by atoms with van der Waals surface area (Å²) >= 11 is 3.47. The minimum atomic E-state index is 0.668. The van der Waals surface area contributed by atoms with Crippen LogP contribution in [-0.4, -0.2) is 11.0 Å². The standard InChI is InChI=1S/C16H17BrN2O/c1-11-2-6-15(7-3-11)20-16-12(8-13(17)10-19-16)9-18-14-4-5-14/h2-3,6-8,10,14,18H,4-5,9H2,1H3. The fourth-order valence-electron chi connectivity index (χ4n) is 1.95. The number of aromatic nitrogens is 1. The summed E-state index contributed by atoms with van der Waals surface area (Å²) < 4.78 is 6.87. The fourth-order valence-corrected chi connectivity index (χ4v) is 2.33. The van der Waals surface area contributed by atoms with Crippen LogP contribution >= 0.6 is 15.9 Å². The third kappa shape index (κ3) is 3.58. The van der Waals surface area contributed by atoms with E-state index in [1.54, 1.807) is 6.20 Å². The smallest absolute Gasteiger partial charge is 0.223 e. The van der Waals surface area contributed by atoms with Crippen LogP contribution in [0, 0.1) is 6.92 Å². The van der Waals surface area contributed by atoms with Gasteiger partial charge in [0.25, 0.3) is 0 Å². The second-order valence-electron chi connectivity index (χ2n) is 5.19. The summed E-state index contributed by atoms with van der Waals surface area (Å²) in [4.78, 5) is 4.39. The van der Waals surface area contributed by atoms with E-state index in [0.717, 1.165) is 22.3 Å². The van der Waals surface area contributed by atoms with Gasteiger partial charge in [0.1, 0.15) is 5.75 Å². The Labute approximate surface area is 127 Å². The summed E-state index contributed by atoms with van der Waals surface area (Å²) in [5.41, 5.74) is 2.29. The van der Waals surface area contributed by atoms with Crippen molar-refractivity contribution in [1.82, 2.24) is 10.3 Å². The highest BCUT2D eigenvalue weighted by molar-refractivity contribution is 9.10. The fraction of sp³-hybridized carbons (Fsp3) is 0.312. The quantitative estimate of drug-likeness (QED) is 0.891. The van der Waals surface area contributed by atoms with Crippen LogP contribution in [0.4, 0.5) is 0 Å². The average molecular weight is 333 g/mol. The molecular formula is C16H17BrN2O. The summed E-state index contributed by atoms with van der Waals surface area (Å²) in [6, 6.07) is 10.7. The molecule has 3 nitrogen and oxygen atoms in total. The summed E-state index contributed by atoms with van der Waals surface area (Å²) in [6.45, 7) is 2.85. The number of hydrogen-bond acceptors (Lipinski definition) is 3. The molecule has 1 N–H and O–H groups in total. The van der Waals surface area contributed by atoms with Gasteiger partial charge in [-0.25, -0.2) is 4.98 Å². The lowest BCUT2D eigenvalue weighted by molar-refractivity contribution is 0.452. The Hall–Kier alpha value is -1.39. The molecule has 0 saturated heterocycles. The van der Waals surface area contributed by atoms with Gasteiger partial charge < -0.3 is 10.1 Å². The maximum atomic E-state index is 5.90. The van der Waals surface area contributed by atoms with Crippen LogP contribution in [0.25, 0.3) is 0 Å². The van der Waals surface area contributed by atoms with Gasteiger partial charge in [-0.3, -0.25) is 0 Å². The minimum Gasteiger partial charge on any atom is -0.439 e. The van der Waals surface area contributed by atoms with Gasteiger partial charge in [0.05, 0.1) is 0 Å². The van der Waals surface area contributed by atoms with E-state index in [1.165, 1.54) is 18.4 Å². The van der Waals surface area contributed by atoms with Crippen molar-refractivity contribution in [3.05, 3.63) is 52.1 Å². The van der Waals surface area contributed by atoms with Crippen molar-refractivity contribution in [3.63, 3.8) is 0 Å². The van der Waals surface area contributed by atoms with Crippen LogP contribution in [-0.2, 0) is 6.54 Å². The Morgan fingerprint density at radius 1 is 1.30 bits per heavy atom. The first-order chi connectivity index (χ1) is 9.70. The van der Waals surface area contributed by atoms with E-state index in [2.05, 4.69) is 39.2 Å². The van der Waals surface area contributed by atoms with Crippen molar-refractivity contribution in [2.45, 2.75) is 32.4 Å². The summed E-state index contributed by atoms with van der Waals surface area (Å²) in [5.74, 6) is 1.49. The van der Waals surface area contributed by atoms with Crippen LogP contribution in [0.2, 0.25) is 0 Å². The molecule has 1 aromatic heterocycles. The molecule has 20 heavy (non-hydrogen) atoms. The molecule has 3 rings (SSSR count).